The molecule has 1 nitrogen and oxygen atoms in total. The highest BCUT2D eigenvalue weighted by molar-refractivity contribution is 7.62. The summed E-state index contributed by atoms with van der Waals surface area (Å²) in [7, 11) is -2.59. The van der Waals surface area contributed by atoms with E-state index >= 15 is 0 Å². The van der Waals surface area contributed by atoms with Crippen LogP contribution in [0.2, 0.25) is 30.1 Å². The fourth-order valence-corrected chi connectivity index (χ4v) is 5.71. The summed E-state index contributed by atoms with van der Waals surface area (Å²) < 4.78 is 12.7. The number of halogens is 6. The highest BCUT2D eigenvalue weighted by Gasteiger charge is 2.21. The van der Waals surface area contributed by atoms with Crippen molar-refractivity contribution in [2.75, 3.05) is 0 Å². The van der Waals surface area contributed by atoms with Crippen molar-refractivity contribution in [1.29, 1.82) is 0 Å². The van der Waals surface area contributed by atoms with Crippen molar-refractivity contribution in [2.24, 2.45) is 0 Å². The first-order chi connectivity index (χ1) is 9.31. The van der Waals surface area contributed by atoms with E-state index in [1.165, 1.54) is 24.3 Å². The van der Waals surface area contributed by atoms with Crippen LogP contribution in [0.3, 0.4) is 0 Å². The molecule has 2 aromatic rings. The van der Waals surface area contributed by atoms with Gasteiger partial charge in [0.25, 0.3) is 0 Å². The molecule has 0 fully saturated rings. The van der Waals surface area contributed by atoms with Gasteiger partial charge in [0.1, 0.15) is 7.80 Å². The minimum absolute atomic E-state index is 0.202. The van der Waals surface area contributed by atoms with E-state index in [-0.39, 0.29) is 30.7 Å². The fraction of sp³-hybridized carbons (Fsp3) is 0. The van der Waals surface area contributed by atoms with Crippen molar-refractivity contribution in [1.82, 2.24) is 0 Å². The molecule has 0 aliphatic heterocycles. The maximum absolute atomic E-state index is 12.7. The molecule has 0 unspecified atom stereocenters. The van der Waals surface area contributed by atoms with Crippen molar-refractivity contribution in [3.63, 3.8) is 0 Å². The van der Waals surface area contributed by atoms with Gasteiger partial charge in [-0.25, -0.2) is 0 Å². The van der Waals surface area contributed by atoms with E-state index in [1.807, 2.05) is 0 Å². The minimum atomic E-state index is -2.59. The first-order valence-corrected chi connectivity index (χ1v) is 8.82. The monoisotopic (exact) mass is 406 g/mol. The number of rotatable bonds is 2. The van der Waals surface area contributed by atoms with Gasteiger partial charge < -0.3 is 4.57 Å². The molecular weight excluding hydrogens is 404 g/mol. The molecule has 20 heavy (non-hydrogen) atoms. The van der Waals surface area contributed by atoms with Crippen LogP contribution < -0.4 is 10.6 Å². The second-order valence-electron chi connectivity index (χ2n) is 3.82. The van der Waals surface area contributed by atoms with Gasteiger partial charge in [0.15, 0.2) is 0 Å². The molecule has 0 spiro atoms. The zero-order chi connectivity index (χ0) is 15.0. The lowest BCUT2D eigenvalue weighted by Gasteiger charge is -2.11. The SMILES string of the molecule is O=[PH](c1c(Cl)cc(Cl)cc1Cl)c1c(Cl)cc(Cl)cc1Cl. The molecule has 106 valence electrons. The Hall–Kier alpha value is 0.410. The first kappa shape index (κ1) is 16.8. The predicted molar refractivity (Wildman–Crippen MR) is 91.2 cm³/mol. The van der Waals surface area contributed by atoms with Crippen LogP contribution in [0.25, 0.3) is 0 Å². The summed E-state index contributed by atoms with van der Waals surface area (Å²) in [5.74, 6) is 0. The van der Waals surface area contributed by atoms with Crippen LogP contribution >= 0.6 is 77.4 Å². The zero-order valence-electron chi connectivity index (χ0n) is 9.49. The molecule has 8 heteroatoms. The summed E-state index contributed by atoms with van der Waals surface area (Å²) in [6.07, 6.45) is 0. The standard InChI is InChI=1S/C12H5Cl6OP/c13-5-1-7(15)11(8(16)2-5)20(19)12-9(17)3-6(14)4-10(12)18/h1-4,20H. The largest absolute Gasteiger partial charge is 0.317 e. The second kappa shape index (κ2) is 6.67. The average Bonchev–Trinajstić information content (AvgIpc) is 2.25. The molecule has 2 rings (SSSR count). The molecule has 0 heterocycles. The summed E-state index contributed by atoms with van der Waals surface area (Å²) in [5, 5.41) is 2.06. The number of benzene rings is 2. The van der Waals surface area contributed by atoms with Gasteiger partial charge in [-0.1, -0.05) is 69.6 Å². The van der Waals surface area contributed by atoms with Gasteiger partial charge in [-0.3, -0.25) is 0 Å². The Balaban J connectivity index is 2.64. The minimum Gasteiger partial charge on any atom is -0.317 e. The normalized spacial score (nSPS) is 11.2. The average molecular weight is 409 g/mol. The summed E-state index contributed by atoms with van der Waals surface area (Å²) in [5.41, 5.74) is 0. The van der Waals surface area contributed by atoms with Gasteiger partial charge in [-0.15, -0.1) is 0 Å². The van der Waals surface area contributed by atoms with Gasteiger partial charge in [0.05, 0.1) is 30.7 Å². The lowest BCUT2D eigenvalue weighted by atomic mass is 10.3. The van der Waals surface area contributed by atoms with E-state index in [1.54, 1.807) is 0 Å². The lowest BCUT2D eigenvalue weighted by molar-refractivity contribution is 0.598. The van der Waals surface area contributed by atoms with Crippen molar-refractivity contribution >= 4 is 88.0 Å². The number of hydrogen-bond acceptors (Lipinski definition) is 1. The van der Waals surface area contributed by atoms with Crippen molar-refractivity contribution in [3.8, 4) is 0 Å². The summed E-state index contributed by atoms with van der Waals surface area (Å²) in [6, 6.07) is 5.85. The third-order valence-electron chi connectivity index (χ3n) is 2.47. The van der Waals surface area contributed by atoms with E-state index in [0.29, 0.717) is 10.0 Å². The Morgan fingerprint density at radius 3 is 1.10 bits per heavy atom. The van der Waals surface area contributed by atoms with Crippen LogP contribution in [0.15, 0.2) is 24.3 Å². The third kappa shape index (κ3) is 3.42. The second-order valence-corrected chi connectivity index (χ2v) is 7.98. The van der Waals surface area contributed by atoms with Crippen molar-refractivity contribution < 1.29 is 4.57 Å². The highest BCUT2D eigenvalue weighted by Crippen LogP contribution is 2.36. The van der Waals surface area contributed by atoms with Gasteiger partial charge in [0, 0.05) is 10.0 Å². The molecule has 0 saturated carbocycles. The Morgan fingerprint density at radius 2 is 0.850 bits per heavy atom. The van der Waals surface area contributed by atoms with Gasteiger partial charge >= 0.3 is 0 Å². The zero-order valence-corrected chi connectivity index (χ0v) is 15.0. The highest BCUT2D eigenvalue weighted by atomic mass is 35.5. The lowest BCUT2D eigenvalue weighted by Crippen LogP contribution is -2.11. The molecule has 0 aromatic heterocycles. The molecular formula is C12H5Cl6OP. The van der Waals surface area contributed by atoms with E-state index < -0.39 is 7.80 Å². The molecule has 0 atom stereocenters. The molecule has 0 aliphatic carbocycles. The van der Waals surface area contributed by atoms with Crippen LogP contribution in [0.5, 0.6) is 0 Å². The summed E-state index contributed by atoms with van der Waals surface area (Å²) in [4.78, 5) is 0. The maximum atomic E-state index is 12.7. The molecule has 0 amide bonds. The quantitative estimate of drug-likeness (QED) is 0.547. The van der Waals surface area contributed by atoms with E-state index in [9.17, 15) is 4.57 Å². The summed E-state index contributed by atoms with van der Waals surface area (Å²) >= 11 is 35.9. The van der Waals surface area contributed by atoms with Crippen LogP contribution in [-0.4, -0.2) is 0 Å². The van der Waals surface area contributed by atoms with Gasteiger partial charge in [0.2, 0.25) is 0 Å². The first-order valence-electron chi connectivity index (χ1n) is 5.15. The molecule has 0 radical (unpaired) electrons. The van der Waals surface area contributed by atoms with Crippen LogP contribution in [0.1, 0.15) is 0 Å². The molecule has 0 bridgehead atoms. The van der Waals surface area contributed by atoms with E-state index in [4.69, 9.17) is 69.6 Å². The topological polar surface area (TPSA) is 17.1 Å². The maximum Gasteiger partial charge on any atom is 0.137 e. The van der Waals surface area contributed by atoms with Crippen LogP contribution in [-0.2, 0) is 4.57 Å². The predicted octanol–water partition coefficient (Wildman–Crippen LogP) is 6.12. The molecule has 0 aliphatic rings. The van der Waals surface area contributed by atoms with Crippen molar-refractivity contribution in [3.05, 3.63) is 54.4 Å². The fourth-order valence-electron chi connectivity index (χ4n) is 1.64. The van der Waals surface area contributed by atoms with Crippen LogP contribution in [0.4, 0.5) is 0 Å². The Labute approximate surface area is 146 Å². The summed E-state index contributed by atoms with van der Waals surface area (Å²) in [6.45, 7) is 0. The molecule has 2 aromatic carbocycles. The van der Waals surface area contributed by atoms with E-state index in [2.05, 4.69) is 0 Å². The van der Waals surface area contributed by atoms with Gasteiger partial charge in [-0.05, 0) is 24.3 Å². The number of hydrogen-bond donors (Lipinski definition) is 0. The van der Waals surface area contributed by atoms with Gasteiger partial charge in [-0.2, -0.15) is 0 Å². The third-order valence-corrected chi connectivity index (χ3v) is 6.72. The molecule has 0 saturated heterocycles. The van der Waals surface area contributed by atoms with Crippen molar-refractivity contribution in [2.45, 2.75) is 0 Å². The molecule has 0 N–H and O–H groups in total. The Morgan fingerprint density at radius 1 is 0.600 bits per heavy atom. The Kier molecular flexibility index (Phi) is 5.59. The van der Waals surface area contributed by atoms with Crippen LogP contribution in [0, 0.1) is 0 Å². The smallest absolute Gasteiger partial charge is 0.137 e. The Bertz CT molecular complexity index is 610. The van der Waals surface area contributed by atoms with E-state index in [0.717, 1.165) is 0 Å².